The second kappa shape index (κ2) is 8.23. The molecule has 0 radical (unpaired) electrons. The molecule has 22 heavy (non-hydrogen) atoms. The lowest BCUT2D eigenvalue weighted by atomic mass is 9.91. The van der Waals surface area contributed by atoms with Crippen LogP contribution in [0.1, 0.15) is 43.7 Å². The summed E-state index contributed by atoms with van der Waals surface area (Å²) in [6.07, 6.45) is 5.70. The van der Waals surface area contributed by atoms with Gasteiger partial charge in [-0.3, -0.25) is 4.90 Å². The van der Waals surface area contributed by atoms with E-state index in [9.17, 15) is 8.78 Å². The van der Waals surface area contributed by atoms with Gasteiger partial charge in [0, 0.05) is 24.2 Å². The van der Waals surface area contributed by atoms with E-state index in [2.05, 4.69) is 10.2 Å². The molecule has 1 atom stereocenters. The summed E-state index contributed by atoms with van der Waals surface area (Å²) in [5.41, 5.74) is 0.671. The Hall–Kier alpha value is -0.710. The Balaban J connectivity index is 0.00000176. The first kappa shape index (κ1) is 17.6. The molecule has 1 aromatic carbocycles. The molecule has 5 heteroatoms. The Morgan fingerprint density at radius 1 is 1.09 bits per heavy atom. The van der Waals surface area contributed by atoms with Crippen molar-refractivity contribution in [3.8, 4) is 0 Å². The molecular formula is C17H25ClF2N2. The van der Waals surface area contributed by atoms with Crippen LogP contribution in [0.5, 0.6) is 0 Å². The first-order valence-electron chi connectivity index (χ1n) is 8.14. The average Bonchev–Trinajstić information content (AvgIpc) is 2.49. The molecule has 2 saturated heterocycles. The van der Waals surface area contributed by atoms with Gasteiger partial charge in [-0.15, -0.1) is 12.4 Å². The van der Waals surface area contributed by atoms with Crippen LogP contribution < -0.4 is 5.32 Å². The highest BCUT2D eigenvalue weighted by Crippen LogP contribution is 2.34. The normalized spacial score (nSPS) is 24.0. The monoisotopic (exact) mass is 330 g/mol. The molecule has 0 aliphatic carbocycles. The molecular weight excluding hydrogens is 306 g/mol. The van der Waals surface area contributed by atoms with Gasteiger partial charge >= 0.3 is 0 Å². The summed E-state index contributed by atoms with van der Waals surface area (Å²) < 4.78 is 27.2. The molecule has 1 N–H and O–H groups in total. The fraction of sp³-hybridized carbons (Fsp3) is 0.647. The van der Waals surface area contributed by atoms with E-state index in [4.69, 9.17) is 0 Å². The third kappa shape index (κ3) is 4.18. The lowest BCUT2D eigenvalue weighted by Crippen LogP contribution is -2.40. The highest BCUT2D eigenvalue weighted by atomic mass is 35.5. The molecule has 1 aromatic rings. The van der Waals surface area contributed by atoms with Crippen LogP contribution in [0.2, 0.25) is 0 Å². The topological polar surface area (TPSA) is 15.3 Å². The number of hydrogen-bond acceptors (Lipinski definition) is 2. The van der Waals surface area contributed by atoms with E-state index in [0.29, 0.717) is 11.5 Å². The zero-order chi connectivity index (χ0) is 14.7. The zero-order valence-electron chi connectivity index (χ0n) is 12.9. The molecule has 2 nitrogen and oxygen atoms in total. The van der Waals surface area contributed by atoms with Crippen LogP contribution in [-0.2, 0) is 0 Å². The van der Waals surface area contributed by atoms with E-state index in [-0.39, 0.29) is 18.4 Å². The van der Waals surface area contributed by atoms with Crippen LogP contribution in [-0.4, -0.2) is 31.1 Å². The minimum Gasteiger partial charge on any atom is -0.317 e. The lowest BCUT2D eigenvalue weighted by Gasteiger charge is -2.39. The summed E-state index contributed by atoms with van der Waals surface area (Å²) in [7, 11) is 0. The first-order chi connectivity index (χ1) is 10.2. The maximum Gasteiger partial charge on any atom is 0.130 e. The summed E-state index contributed by atoms with van der Waals surface area (Å²) in [6.45, 7) is 4.26. The van der Waals surface area contributed by atoms with E-state index in [1.807, 2.05) is 0 Å². The van der Waals surface area contributed by atoms with Crippen molar-refractivity contribution < 1.29 is 8.78 Å². The summed E-state index contributed by atoms with van der Waals surface area (Å²) in [5.74, 6) is -0.176. The minimum atomic E-state index is -0.489. The van der Waals surface area contributed by atoms with Crippen LogP contribution >= 0.6 is 12.4 Å². The number of halogens is 3. The Kier molecular flexibility index (Phi) is 6.60. The highest BCUT2D eigenvalue weighted by Gasteiger charge is 2.28. The minimum absolute atomic E-state index is 0. The number of nitrogens with zero attached hydrogens (tertiary/aromatic N) is 1. The molecule has 2 fully saturated rings. The van der Waals surface area contributed by atoms with Crippen molar-refractivity contribution in [2.45, 2.75) is 38.1 Å². The Bertz CT molecular complexity index is 478. The third-order valence-corrected chi connectivity index (χ3v) is 4.89. The molecule has 0 aromatic heterocycles. The summed E-state index contributed by atoms with van der Waals surface area (Å²) in [6, 6.07) is 4.16. The van der Waals surface area contributed by atoms with E-state index < -0.39 is 11.6 Å². The van der Waals surface area contributed by atoms with Crippen molar-refractivity contribution in [3.05, 3.63) is 35.4 Å². The van der Waals surface area contributed by atoms with Gasteiger partial charge in [0.25, 0.3) is 0 Å². The van der Waals surface area contributed by atoms with Gasteiger partial charge in [0.2, 0.25) is 0 Å². The van der Waals surface area contributed by atoms with Gasteiger partial charge < -0.3 is 5.32 Å². The van der Waals surface area contributed by atoms with E-state index in [1.54, 1.807) is 6.07 Å². The van der Waals surface area contributed by atoms with Crippen molar-refractivity contribution >= 4 is 12.4 Å². The molecule has 0 saturated carbocycles. The van der Waals surface area contributed by atoms with Crippen molar-refractivity contribution in [3.63, 3.8) is 0 Å². The number of benzene rings is 1. The van der Waals surface area contributed by atoms with E-state index >= 15 is 0 Å². The van der Waals surface area contributed by atoms with Gasteiger partial charge in [0.1, 0.15) is 11.6 Å². The zero-order valence-corrected chi connectivity index (χ0v) is 13.7. The number of hydrogen-bond donors (Lipinski definition) is 1. The molecule has 2 aliphatic rings. The predicted molar refractivity (Wildman–Crippen MR) is 87.4 cm³/mol. The lowest BCUT2D eigenvalue weighted by molar-refractivity contribution is 0.113. The predicted octanol–water partition coefficient (Wildman–Crippen LogP) is 3.91. The first-order valence-corrected chi connectivity index (χ1v) is 8.14. The SMILES string of the molecule is Cl.Fc1ccc(C2CCCCN2CC2CCNCC2)c(F)c1. The summed E-state index contributed by atoms with van der Waals surface area (Å²) in [5, 5.41) is 3.39. The molecule has 124 valence electrons. The maximum atomic E-state index is 14.1. The molecule has 1 unspecified atom stereocenters. The van der Waals surface area contributed by atoms with Crippen molar-refractivity contribution in [2.75, 3.05) is 26.2 Å². The quantitative estimate of drug-likeness (QED) is 0.904. The maximum absolute atomic E-state index is 14.1. The molecule has 0 spiro atoms. The number of piperidine rings is 2. The Morgan fingerprint density at radius 3 is 2.59 bits per heavy atom. The van der Waals surface area contributed by atoms with Crippen molar-refractivity contribution in [2.24, 2.45) is 5.92 Å². The van der Waals surface area contributed by atoms with Crippen molar-refractivity contribution in [1.29, 1.82) is 0 Å². The van der Waals surface area contributed by atoms with Gasteiger partial charge in [-0.05, 0) is 57.3 Å². The smallest absolute Gasteiger partial charge is 0.130 e. The van der Waals surface area contributed by atoms with Gasteiger partial charge in [0.15, 0.2) is 0 Å². The van der Waals surface area contributed by atoms with Crippen LogP contribution in [0.3, 0.4) is 0 Å². The summed E-state index contributed by atoms with van der Waals surface area (Å²) >= 11 is 0. The van der Waals surface area contributed by atoms with Gasteiger partial charge in [-0.1, -0.05) is 12.5 Å². The average molecular weight is 331 g/mol. The Morgan fingerprint density at radius 2 is 1.86 bits per heavy atom. The van der Waals surface area contributed by atoms with Crippen LogP contribution in [0.25, 0.3) is 0 Å². The third-order valence-electron chi connectivity index (χ3n) is 4.89. The second-order valence-electron chi connectivity index (χ2n) is 6.37. The number of rotatable bonds is 3. The Labute approximate surface area is 137 Å². The number of nitrogens with one attached hydrogen (secondary N) is 1. The largest absolute Gasteiger partial charge is 0.317 e. The molecule has 2 heterocycles. The van der Waals surface area contributed by atoms with E-state index in [0.717, 1.165) is 45.1 Å². The van der Waals surface area contributed by atoms with Gasteiger partial charge in [-0.2, -0.15) is 0 Å². The number of likely N-dealkylation sites (tertiary alicyclic amines) is 1. The second-order valence-corrected chi connectivity index (χ2v) is 6.37. The fourth-order valence-corrected chi connectivity index (χ4v) is 3.73. The van der Waals surface area contributed by atoms with Crippen LogP contribution in [0.15, 0.2) is 18.2 Å². The summed E-state index contributed by atoms with van der Waals surface area (Å²) in [4.78, 5) is 2.43. The fourth-order valence-electron chi connectivity index (χ4n) is 3.73. The standard InChI is InChI=1S/C17H24F2N2.ClH/c18-14-4-5-15(16(19)11-14)17-3-1-2-10-21(17)12-13-6-8-20-9-7-13;/h4-5,11,13,17,20H,1-3,6-10,12H2;1H. The van der Waals surface area contributed by atoms with Crippen molar-refractivity contribution in [1.82, 2.24) is 10.2 Å². The van der Waals surface area contributed by atoms with Gasteiger partial charge in [0.05, 0.1) is 0 Å². The van der Waals surface area contributed by atoms with Crippen LogP contribution in [0.4, 0.5) is 8.78 Å². The molecule has 3 rings (SSSR count). The van der Waals surface area contributed by atoms with Crippen LogP contribution in [0, 0.1) is 17.6 Å². The van der Waals surface area contributed by atoms with Gasteiger partial charge in [-0.25, -0.2) is 8.78 Å². The molecule has 0 amide bonds. The molecule has 2 aliphatic heterocycles. The molecule has 0 bridgehead atoms. The van der Waals surface area contributed by atoms with E-state index in [1.165, 1.54) is 25.3 Å². The highest BCUT2D eigenvalue weighted by molar-refractivity contribution is 5.85.